The fourth-order valence-electron chi connectivity index (χ4n) is 1.12. The molecule has 1 atom stereocenters. The lowest BCUT2D eigenvalue weighted by molar-refractivity contribution is 0.605. The third kappa shape index (κ3) is 2.02. The predicted octanol–water partition coefficient (Wildman–Crippen LogP) is -0.157. The Morgan fingerprint density at radius 2 is 2.43 bits per heavy atom. The SMILES string of the molecule is Nc1nsc(NC2C=CS(=O)(=O)C2)n1. The summed E-state index contributed by atoms with van der Waals surface area (Å²) >= 11 is 1.11. The van der Waals surface area contributed by atoms with Crippen LogP contribution in [0.15, 0.2) is 11.5 Å². The fraction of sp³-hybridized carbons (Fsp3) is 0.333. The molecule has 76 valence electrons. The van der Waals surface area contributed by atoms with Gasteiger partial charge in [-0.3, -0.25) is 0 Å². The first-order valence-electron chi connectivity index (χ1n) is 3.82. The second kappa shape index (κ2) is 3.21. The Kier molecular flexibility index (Phi) is 2.16. The molecule has 0 spiro atoms. The number of aromatic nitrogens is 2. The summed E-state index contributed by atoms with van der Waals surface area (Å²) < 4.78 is 25.9. The molecule has 1 unspecified atom stereocenters. The van der Waals surface area contributed by atoms with Gasteiger partial charge in [0.15, 0.2) is 9.84 Å². The highest BCUT2D eigenvalue weighted by Crippen LogP contribution is 2.17. The number of nitrogen functional groups attached to an aromatic ring is 1. The first kappa shape index (κ1) is 9.41. The number of hydrogen-bond donors (Lipinski definition) is 2. The van der Waals surface area contributed by atoms with E-state index in [0.29, 0.717) is 5.13 Å². The summed E-state index contributed by atoms with van der Waals surface area (Å²) in [7, 11) is -3.03. The van der Waals surface area contributed by atoms with E-state index in [1.807, 2.05) is 0 Å². The maximum Gasteiger partial charge on any atom is 0.233 e. The molecule has 1 aliphatic heterocycles. The van der Waals surface area contributed by atoms with Crippen LogP contribution in [0.2, 0.25) is 0 Å². The van der Waals surface area contributed by atoms with Gasteiger partial charge in [0.2, 0.25) is 11.1 Å². The highest BCUT2D eigenvalue weighted by molar-refractivity contribution is 7.94. The minimum atomic E-state index is -3.03. The predicted molar refractivity (Wildman–Crippen MR) is 54.7 cm³/mol. The van der Waals surface area contributed by atoms with E-state index in [-0.39, 0.29) is 17.7 Å². The van der Waals surface area contributed by atoms with Gasteiger partial charge < -0.3 is 11.1 Å². The van der Waals surface area contributed by atoms with Crippen LogP contribution in [0.5, 0.6) is 0 Å². The summed E-state index contributed by atoms with van der Waals surface area (Å²) in [5.74, 6) is 0.259. The molecule has 2 heterocycles. The van der Waals surface area contributed by atoms with Crippen molar-refractivity contribution in [2.24, 2.45) is 0 Å². The maximum absolute atomic E-state index is 11.1. The van der Waals surface area contributed by atoms with Crippen LogP contribution in [0.25, 0.3) is 0 Å². The summed E-state index contributed by atoms with van der Waals surface area (Å²) in [5.41, 5.74) is 5.32. The highest BCUT2D eigenvalue weighted by atomic mass is 32.2. The average Bonchev–Trinajstić information content (AvgIpc) is 2.59. The van der Waals surface area contributed by atoms with Gasteiger partial charge in [-0.05, 0) is 6.08 Å². The van der Waals surface area contributed by atoms with Gasteiger partial charge >= 0.3 is 0 Å². The normalized spacial score (nSPS) is 23.9. The van der Waals surface area contributed by atoms with Crippen molar-refractivity contribution in [1.82, 2.24) is 9.36 Å². The Hall–Kier alpha value is -1.15. The van der Waals surface area contributed by atoms with Crippen LogP contribution in [0.1, 0.15) is 0 Å². The number of nitrogens with one attached hydrogen (secondary N) is 1. The average molecular weight is 232 g/mol. The van der Waals surface area contributed by atoms with Crippen molar-refractivity contribution >= 4 is 32.4 Å². The molecular formula is C6H8N4O2S2. The lowest BCUT2D eigenvalue weighted by atomic mass is 10.3. The van der Waals surface area contributed by atoms with Gasteiger partial charge in [-0.1, -0.05) is 0 Å². The molecule has 6 nitrogen and oxygen atoms in total. The number of nitrogens with zero attached hydrogens (tertiary/aromatic N) is 2. The van der Waals surface area contributed by atoms with Crippen LogP contribution in [-0.2, 0) is 9.84 Å². The third-order valence-corrected chi connectivity index (χ3v) is 3.74. The van der Waals surface area contributed by atoms with E-state index in [1.165, 1.54) is 5.41 Å². The second-order valence-corrected chi connectivity index (χ2v) is 5.55. The van der Waals surface area contributed by atoms with E-state index in [1.54, 1.807) is 6.08 Å². The molecule has 0 fully saturated rings. The minimum absolute atomic E-state index is 0.0620. The molecule has 0 radical (unpaired) electrons. The number of hydrogen-bond acceptors (Lipinski definition) is 7. The van der Waals surface area contributed by atoms with Crippen molar-refractivity contribution in [2.45, 2.75) is 6.04 Å². The Bertz CT molecular complexity index is 464. The van der Waals surface area contributed by atoms with E-state index in [0.717, 1.165) is 11.5 Å². The van der Waals surface area contributed by atoms with Gasteiger partial charge in [-0.15, -0.1) is 0 Å². The molecule has 1 aliphatic rings. The lowest BCUT2D eigenvalue weighted by Crippen LogP contribution is -2.20. The molecular weight excluding hydrogens is 224 g/mol. The molecule has 0 aliphatic carbocycles. The van der Waals surface area contributed by atoms with Gasteiger partial charge in [0.05, 0.1) is 11.8 Å². The quantitative estimate of drug-likeness (QED) is 0.735. The van der Waals surface area contributed by atoms with E-state index in [2.05, 4.69) is 14.7 Å². The first-order valence-corrected chi connectivity index (χ1v) is 6.31. The van der Waals surface area contributed by atoms with E-state index in [4.69, 9.17) is 5.73 Å². The smallest absolute Gasteiger partial charge is 0.233 e. The molecule has 2 rings (SSSR count). The minimum Gasteiger partial charge on any atom is -0.367 e. The summed E-state index contributed by atoms with van der Waals surface area (Å²) in [5, 5.41) is 4.66. The lowest BCUT2D eigenvalue weighted by Gasteiger charge is -2.06. The standard InChI is InChI=1S/C6H8N4O2S2/c7-5-9-6(13-10-5)8-4-1-2-14(11,12)3-4/h1-2,4H,3H2,(H3,7,8,9,10). The Morgan fingerprint density at radius 3 is 2.93 bits per heavy atom. The third-order valence-electron chi connectivity index (χ3n) is 1.68. The largest absolute Gasteiger partial charge is 0.367 e. The number of anilines is 2. The van der Waals surface area contributed by atoms with Crippen LogP contribution in [0, 0.1) is 0 Å². The number of rotatable bonds is 2. The van der Waals surface area contributed by atoms with Gasteiger partial charge in [0.1, 0.15) is 0 Å². The summed E-state index contributed by atoms with van der Waals surface area (Å²) in [6.45, 7) is 0. The molecule has 1 aromatic heterocycles. The summed E-state index contributed by atoms with van der Waals surface area (Å²) in [6, 6.07) is -0.229. The van der Waals surface area contributed by atoms with Gasteiger partial charge in [-0.25, -0.2) is 8.42 Å². The number of sulfone groups is 1. The molecule has 0 saturated heterocycles. The molecule has 0 bridgehead atoms. The molecule has 1 aromatic rings. The zero-order chi connectivity index (χ0) is 10.2. The van der Waals surface area contributed by atoms with Crippen LogP contribution >= 0.6 is 11.5 Å². The molecule has 0 amide bonds. The second-order valence-electron chi connectivity index (χ2n) is 2.87. The topological polar surface area (TPSA) is 98.0 Å². The first-order chi connectivity index (χ1) is 6.55. The van der Waals surface area contributed by atoms with Crippen molar-refractivity contribution in [3.05, 3.63) is 11.5 Å². The van der Waals surface area contributed by atoms with Crippen molar-refractivity contribution in [3.63, 3.8) is 0 Å². The molecule has 0 aromatic carbocycles. The van der Waals surface area contributed by atoms with Crippen molar-refractivity contribution < 1.29 is 8.42 Å². The van der Waals surface area contributed by atoms with Crippen LogP contribution < -0.4 is 11.1 Å². The molecule has 0 saturated carbocycles. The van der Waals surface area contributed by atoms with E-state index in [9.17, 15) is 8.42 Å². The zero-order valence-corrected chi connectivity index (χ0v) is 8.68. The zero-order valence-electron chi connectivity index (χ0n) is 7.04. The van der Waals surface area contributed by atoms with Crippen LogP contribution in [0.3, 0.4) is 0 Å². The summed E-state index contributed by atoms with van der Waals surface area (Å²) in [4.78, 5) is 3.87. The monoisotopic (exact) mass is 232 g/mol. The molecule has 8 heteroatoms. The Balaban J connectivity index is 2.05. The van der Waals surface area contributed by atoms with Gasteiger partial charge in [0.25, 0.3) is 0 Å². The van der Waals surface area contributed by atoms with E-state index >= 15 is 0 Å². The molecule has 3 N–H and O–H groups in total. The van der Waals surface area contributed by atoms with Crippen LogP contribution in [-0.4, -0.2) is 29.6 Å². The Labute approximate surface area is 84.9 Å². The summed E-state index contributed by atoms with van der Waals surface area (Å²) in [6.07, 6.45) is 1.59. The Morgan fingerprint density at radius 1 is 1.64 bits per heavy atom. The maximum atomic E-state index is 11.1. The molecule has 14 heavy (non-hydrogen) atoms. The fourth-order valence-corrected chi connectivity index (χ4v) is 2.91. The van der Waals surface area contributed by atoms with E-state index < -0.39 is 9.84 Å². The van der Waals surface area contributed by atoms with Crippen molar-refractivity contribution in [1.29, 1.82) is 0 Å². The van der Waals surface area contributed by atoms with Crippen molar-refractivity contribution in [2.75, 3.05) is 16.8 Å². The van der Waals surface area contributed by atoms with Crippen LogP contribution in [0.4, 0.5) is 11.1 Å². The van der Waals surface area contributed by atoms with Crippen molar-refractivity contribution in [3.8, 4) is 0 Å². The van der Waals surface area contributed by atoms with Gasteiger partial charge in [0, 0.05) is 16.9 Å². The number of nitrogens with two attached hydrogens (primary N) is 1. The van der Waals surface area contributed by atoms with Gasteiger partial charge in [-0.2, -0.15) is 9.36 Å². The highest BCUT2D eigenvalue weighted by Gasteiger charge is 2.22.